The average Bonchev–Trinajstić information content (AvgIpc) is 2.15. The van der Waals surface area contributed by atoms with Crippen LogP contribution in [0.4, 0.5) is 0 Å². The SMILES string of the molecule is C/C(=C/Sc1ccccc1)C(=O)O. The molecule has 0 fully saturated rings. The quantitative estimate of drug-likeness (QED) is 0.594. The first-order valence-corrected chi connectivity index (χ1v) is 4.70. The molecular weight excluding hydrogens is 184 g/mol. The van der Waals surface area contributed by atoms with Gasteiger partial charge in [-0.3, -0.25) is 0 Å². The van der Waals surface area contributed by atoms with Crippen LogP contribution >= 0.6 is 11.8 Å². The lowest BCUT2D eigenvalue weighted by molar-refractivity contribution is -0.132. The van der Waals surface area contributed by atoms with Crippen molar-refractivity contribution in [2.75, 3.05) is 0 Å². The van der Waals surface area contributed by atoms with Gasteiger partial charge in [0.15, 0.2) is 0 Å². The van der Waals surface area contributed by atoms with Gasteiger partial charge < -0.3 is 5.11 Å². The molecule has 0 heterocycles. The molecule has 0 aliphatic heterocycles. The number of carbonyl (C=O) groups is 1. The lowest BCUT2D eigenvalue weighted by Crippen LogP contribution is -1.94. The molecule has 0 aromatic heterocycles. The minimum absolute atomic E-state index is 0.355. The lowest BCUT2D eigenvalue weighted by atomic mass is 10.4. The predicted molar refractivity (Wildman–Crippen MR) is 53.7 cm³/mol. The van der Waals surface area contributed by atoms with Crippen molar-refractivity contribution in [1.82, 2.24) is 0 Å². The summed E-state index contributed by atoms with van der Waals surface area (Å²) < 4.78 is 0. The van der Waals surface area contributed by atoms with Gasteiger partial charge in [-0.25, -0.2) is 4.79 Å². The first-order valence-electron chi connectivity index (χ1n) is 3.82. The molecule has 13 heavy (non-hydrogen) atoms. The van der Waals surface area contributed by atoms with E-state index < -0.39 is 5.97 Å². The summed E-state index contributed by atoms with van der Waals surface area (Å²) in [6.45, 7) is 1.58. The molecule has 1 N–H and O–H groups in total. The zero-order valence-electron chi connectivity index (χ0n) is 7.23. The van der Waals surface area contributed by atoms with E-state index in [-0.39, 0.29) is 0 Å². The molecule has 1 aromatic carbocycles. The number of rotatable bonds is 3. The van der Waals surface area contributed by atoms with Gasteiger partial charge in [0, 0.05) is 10.5 Å². The second-order valence-corrected chi connectivity index (χ2v) is 3.48. The van der Waals surface area contributed by atoms with Crippen molar-refractivity contribution in [2.24, 2.45) is 0 Å². The maximum atomic E-state index is 10.4. The molecule has 1 rings (SSSR count). The van der Waals surface area contributed by atoms with Crippen molar-refractivity contribution >= 4 is 17.7 Å². The summed E-state index contributed by atoms with van der Waals surface area (Å²) in [5.41, 5.74) is 0.355. The van der Waals surface area contributed by atoms with Gasteiger partial charge in [-0.2, -0.15) is 0 Å². The summed E-state index contributed by atoms with van der Waals surface area (Å²) in [4.78, 5) is 11.5. The number of thioether (sulfide) groups is 1. The number of aliphatic carboxylic acids is 1. The molecule has 0 aliphatic rings. The number of benzene rings is 1. The normalized spacial score (nSPS) is 11.3. The maximum Gasteiger partial charge on any atom is 0.331 e. The molecule has 2 nitrogen and oxygen atoms in total. The highest BCUT2D eigenvalue weighted by atomic mass is 32.2. The Bertz CT molecular complexity index is 317. The van der Waals surface area contributed by atoms with Crippen LogP contribution in [0.15, 0.2) is 46.2 Å². The zero-order chi connectivity index (χ0) is 9.68. The molecule has 0 spiro atoms. The van der Waals surface area contributed by atoms with Gasteiger partial charge in [-0.15, -0.1) is 0 Å². The van der Waals surface area contributed by atoms with Crippen molar-refractivity contribution in [3.63, 3.8) is 0 Å². The molecule has 1 aromatic rings. The number of carboxylic acid groups (broad SMARTS) is 1. The monoisotopic (exact) mass is 194 g/mol. The highest BCUT2D eigenvalue weighted by Crippen LogP contribution is 2.19. The summed E-state index contributed by atoms with van der Waals surface area (Å²) in [5.74, 6) is -0.872. The Morgan fingerprint density at radius 3 is 2.54 bits per heavy atom. The largest absolute Gasteiger partial charge is 0.478 e. The van der Waals surface area contributed by atoms with Crippen LogP contribution in [0.2, 0.25) is 0 Å². The van der Waals surface area contributed by atoms with Crippen LogP contribution in [0.5, 0.6) is 0 Å². The van der Waals surface area contributed by atoms with Gasteiger partial charge >= 0.3 is 5.97 Å². The van der Waals surface area contributed by atoms with Crippen LogP contribution in [0.1, 0.15) is 6.92 Å². The van der Waals surface area contributed by atoms with Gasteiger partial charge in [0.2, 0.25) is 0 Å². The third-order valence-corrected chi connectivity index (χ3v) is 2.47. The molecule has 0 unspecified atom stereocenters. The molecule has 3 heteroatoms. The van der Waals surface area contributed by atoms with E-state index in [1.54, 1.807) is 12.3 Å². The van der Waals surface area contributed by atoms with E-state index in [9.17, 15) is 4.79 Å². The number of hydrogen-bond acceptors (Lipinski definition) is 2. The Morgan fingerprint density at radius 2 is 2.00 bits per heavy atom. The Labute approximate surface area is 81.3 Å². The first kappa shape index (κ1) is 9.86. The van der Waals surface area contributed by atoms with Crippen molar-refractivity contribution in [2.45, 2.75) is 11.8 Å². The summed E-state index contributed by atoms with van der Waals surface area (Å²) >= 11 is 1.41. The van der Waals surface area contributed by atoms with E-state index in [1.807, 2.05) is 30.3 Å². The van der Waals surface area contributed by atoms with Crippen LogP contribution in [-0.4, -0.2) is 11.1 Å². The third kappa shape index (κ3) is 3.34. The second-order valence-electron chi connectivity index (χ2n) is 2.54. The molecule has 0 aliphatic carbocycles. The van der Waals surface area contributed by atoms with Crippen molar-refractivity contribution in [1.29, 1.82) is 0 Å². The van der Waals surface area contributed by atoms with Crippen LogP contribution < -0.4 is 0 Å². The van der Waals surface area contributed by atoms with E-state index in [0.717, 1.165) is 4.90 Å². The standard InChI is InChI=1S/C10H10O2S/c1-8(10(11)12)7-13-9-5-3-2-4-6-9/h2-7H,1H3,(H,11,12)/b8-7-. The van der Waals surface area contributed by atoms with Gasteiger partial charge in [-0.1, -0.05) is 30.0 Å². The molecule has 0 atom stereocenters. The summed E-state index contributed by atoms with van der Waals surface area (Å²) in [5, 5.41) is 10.2. The van der Waals surface area contributed by atoms with Crippen LogP contribution in [-0.2, 0) is 4.79 Å². The third-order valence-electron chi connectivity index (χ3n) is 1.45. The fourth-order valence-corrected chi connectivity index (χ4v) is 1.43. The summed E-state index contributed by atoms with van der Waals surface area (Å²) in [6, 6.07) is 9.66. The fourth-order valence-electron chi connectivity index (χ4n) is 0.706. The number of carboxylic acids is 1. The van der Waals surface area contributed by atoms with Crippen LogP contribution in [0, 0.1) is 0 Å². The minimum Gasteiger partial charge on any atom is -0.478 e. The van der Waals surface area contributed by atoms with Crippen molar-refractivity contribution in [3.8, 4) is 0 Å². The van der Waals surface area contributed by atoms with Crippen molar-refractivity contribution in [3.05, 3.63) is 41.3 Å². The van der Waals surface area contributed by atoms with Gasteiger partial charge in [0.25, 0.3) is 0 Å². The Hall–Kier alpha value is -1.22. The van der Waals surface area contributed by atoms with E-state index in [2.05, 4.69) is 0 Å². The molecule has 0 saturated carbocycles. The Morgan fingerprint density at radius 1 is 1.38 bits per heavy atom. The van der Waals surface area contributed by atoms with E-state index in [1.165, 1.54) is 11.8 Å². The van der Waals surface area contributed by atoms with Crippen LogP contribution in [0.25, 0.3) is 0 Å². The van der Waals surface area contributed by atoms with Gasteiger partial charge in [0.1, 0.15) is 0 Å². The average molecular weight is 194 g/mol. The molecule has 0 bridgehead atoms. The fraction of sp³-hybridized carbons (Fsp3) is 0.100. The molecule has 0 radical (unpaired) electrons. The van der Waals surface area contributed by atoms with E-state index in [4.69, 9.17) is 5.11 Å². The molecule has 0 saturated heterocycles. The smallest absolute Gasteiger partial charge is 0.331 e. The molecule has 0 amide bonds. The second kappa shape index (κ2) is 4.72. The highest BCUT2D eigenvalue weighted by Gasteiger charge is 1.98. The summed E-state index contributed by atoms with van der Waals surface area (Å²) in [6.07, 6.45) is 0. The van der Waals surface area contributed by atoms with E-state index >= 15 is 0 Å². The van der Waals surface area contributed by atoms with Gasteiger partial charge in [0.05, 0.1) is 0 Å². The Kier molecular flexibility index (Phi) is 3.58. The van der Waals surface area contributed by atoms with E-state index in [0.29, 0.717) is 5.57 Å². The molecule has 68 valence electrons. The minimum atomic E-state index is -0.872. The zero-order valence-corrected chi connectivity index (χ0v) is 8.04. The number of hydrogen-bond donors (Lipinski definition) is 1. The highest BCUT2D eigenvalue weighted by molar-refractivity contribution is 8.02. The first-order chi connectivity index (χ1) is 6.20. The predicted octanol–water partition coefficient (Wildman–Crippen LogP) is 2.77. The maximum absolute atomic E-state index is 10.4. The lowest BCUT2D eigenvalue weighted by Gasteiger charge is -1.95. The van der Waals surface area contributed by atoms with Crippen molar-refractivity contribution < 1.29 is 9.90 Å². The van der Waals surface area contributed by atoms with Gasteiger partial charge in [-0.05, 0) is 24.5 Å². The Balaban J connectivity index is 2.62. The van der Waals surface area contributed by atoms with Crippen LogP contribution in [0.3, 0.4) is 0 Å². The molecular formula is C10H10O2S. The topological polar surface area (TPSA) is 37.3 Å². The summed E-state index contributed by atoms with van der Waals surface area (Å²) in [7, 11) is 0.